The lowest BCUT2D eigenvalue weighted by Crippen LogP contribution is -2.51. The Balaban J connectivity index is 1.16. The van der Waals surface area contributed by atoms with Crippen LogP contribution in [0.5, 0.6) is 5.75 Å². The van der Waals surface area contributed by atoms with Gasteiger partial charge in [-0.3, -0.25) is 24.2 Å². The largest absolute Gasteiger partial charge is 0.497 e. The Hall–Kier alpha value is -5.55. The number of aryl methyl sites for hydroxylation is 2. The maximum absolute atomic E-state index is 15.6. The first-order valence-electron chi connectivity index (χ1n) is 20.4. The number of rotatable bonds is 9. The molecule has 0 radical (unpaired) electrons. The number of carbonyl (C=O) groups is 3. The molecule has 10 heteroatoms. The van der Waals surface area contributed by atoms with Crippen LogP contribution in [0.3, 0.4) is 0 Å². The van der Waals surface area contributed by atoms with Gasteiger partial charge in [0.2, 0.25) is 11.8 Å². The fourth-order valence-electron chi connectivity index (χ4n) is 10.4. The highest BCUT2D eigenvalue weighted by Crippen LogP contribution is 2.61. The summed E-state index contributed by atoms with van der Waals surface area (Å²) in [7, 11) is -0.757. The van der Waals surface area contributed by atoms with Crippen molar-refractivity contribution in [2.45, 2.75) is 75.9 Å². The normalized spacial score (nSPS) is 22.7. The van der Waals surface area contributed by atoms with Gasteiger partial charge in [0, 0.05) is 42.3 Å². The predicted octanol–water partition coefficient (Wildman–Crippen LogP) is 8.06. The molecule has 4 heterocycles. The van der Waals surface area contributed by atoms with Crippen molar-refractivity contribution in [1.29, 1.82) is 0 Å². The van der Waals surface area contributed by atoms with E-state index in [1.165, 1.54) is 5.19 Å². The molecule has 9 nitrogen and oxygen atoms in total. The number of anilines is 5. The van der Waals surface area contributed by atoms with E-state index in [1.54, 1.807) is 16.9 Å². The highest BCUT2D eigenvalue weighted by atomic mass is 28.3. The van der Waals surface area contributed by atoms with Crippen LogP contribution in [0, 0.1) is 5.92 Å². The molecule has 0 unspecified atom stereocenters. The lowest BCUT2D eigenvalue weighted by atomic mass is 9.82. The molecule has 1 spiro atoms. The summed E-state index contributed by atoms with van der Waals surface area (Å²) in [6.45, 7) is 6.96. The van der Waals surface area contributed by atoms with Crippen molar-refractivity contribution in [3.8, 4) is 5.75 Å². The van der Waals surface area contributed by atoms with Gasteiger partial charge in [-0.1, -0.05) is 85.9 Å². The van der Waals surface area contributed by atoms with E-state index in [1.807, 2.05) is 95.9 Å². The Kier molecular flexibility index (Phi) is 9.61. The van der Waals surface area contributed by atoms with Crippen LogP contribution in [-0.2, 0) is 44.1 Å². The second kappa shape index (κ2) is 14.7. The van der Waals surface area contributed by atoms with E-state index in [4.69, 9.17) is 9.47 Å². The van der Waals surface area contributed by atoms with Crippen molar-refractivity contribution < 1.29 is 29.0 Å². The van der Waals surface area contributed by atoms with Crippen LogP contribution in [-0.4, -0.2) is 50.7 Å². The maximum atomic E-state index is 15.6. The van der Waals surface area contributed by atoms with Gasteiger partial charge in [0.15, 0.2) is 5.60 Å². The predicted molar refractivity (Wildman–Crippen MR) is 229 cm³/mol. The summed E-state index contributed by atoms with van der Waals surface area (Å²) in [6.07, 6.45) is 2.19. The van der Waals surface area contributed by atoms with E-state index in [0.717, 1.165) is 50.8 Å². The number of amides is 3. The van der Waals surface area contributed by atoms with E-state index < -0.39 is 19.8 Å². The number of carbonyl (C=O) groups excluding carboxylic acids is 3. The van der Waals surface area contributed by atoms with Gasteiger partial charge in [0.05, 0.1) is 44.9 Å². The Bertz CT molecular complexity index is 2430. The minimum Gasteiger partial charge on any atom is -0.497 e. The number of aliphatic hydroxyl groups excluding tert-OH is 1. The van der Waals surface area contributed by atoms with Crippen LogP contribution in [0.1, 0.15) is 48.4 Å². The Morgan fingerprint density at radius 1 is 0.741 bits per heavy atom. The second-order valence-electron chi connectivity index (χ2n) is 16.6. The van der Waals surface area contributed by atoms with Gasteiger partial charge in [-0.15, -0.1) is 0 Å². The molecule has 5 aromatic carbocycles. The molecular weight excluding hydrogens is 743 g/mol. The molecule has 4 atom stereocenters. The smallest absolute Gasteiger partial charge is 0.264 e. The molecule has 5 aromatic rings. The van der Waals surface area contributed by atoms with Gasteiger partial charge >= 0.3 is 0 Å². The first-order valence-corrected chi connectivity index (χ1v) is 23.4. The SMILES string of the molecule is COc1ccc([Si](C)(C)[C@@H]2[C@@H](CCO)O[C@]3(C(=O)N(Cc4cccc(N5C(=O)CCc6ccccc65)c4)c4ccc(N5C(=O)CCc6ccccc65)cc43)[C@H]2C)cc1. The molecule has 296 valence electrons. The first-order chi connectivity index (χ1) is 28.1. The molecule has 0 bridgehead atoms. The zero-order chi connectivity index (χ0) is 40.3. The van der Waals surface area contributed by atoms with E-state index in [2.05, 4.69) is 44.3 Å². The number of nitrogens with zero attached hydrogens (tertiary/aromatic N) is 3. The average Bonchev–Trinajstić information content (AvgIpc) is 3.66. The Morgan fingerprint density at radius 3 is 1.98 bits per heavy atom. The molecule has 1 saturated heterocycles. The van der Waals surface area contributed by atoms with Gasteiger partial charge in [-0.25, -0.2) is 0 Å². The quantitative estimate of drug-likeness (QED) is 0.152. The summed E-state index contributed by atoms with van der Waals surface area (Å²) < 4.78 is 12.7. The molecule has 1 fully saturated rings. The van der Waals surface area contributed by atoms with Crippen molar-refractivity contribution in [2.75, 3.05) is 28.4 Å². The Morgan fingerprint density at radius 2 is 1.36 bits per heavy atom. The molecule has 0 saturated carbocycles. The van der Waals surface area contributed by atoms with Gasteiger partial charge in [-0.05, 0) is 96.1 Å². The van der Waals surface area contributed by atoms with Crippen LogP contribution >= 0.6 is 0 Å². The van der Waals surface area contributed by atoms with Crippen LogP contribution in [0.2, 0.25) is 18.6 Å². The molecule has 1 N–H and O–H groups in total. The first kappa shape index (κ1) is 38.0. The third-order valence-corrected chi connectivity index (χ3v) is 17.5. The standard InChI is InChI=1S/C48H49N3O6Si/c1-31-46(58(3,4)38-21-19-37(56-2)20-22-38)43(26-27-52)57-48(31)39-29-36(51-41-15-8-6-12-34(41)17-25-45(51)54)18-23-42(39)49(47(48)55)30-32-10-9-13-35(28-32)50-40-14-7-5-11-33(40)16-24-44(50)53/h5-15,18-23,28-29,31,43,46,52H,16-17,24-27,30H2,1-4H3/t31-,43+,46-,48+/m0/s1. The van der Waals surface area contributed by atoms with E-state index >= 15 is 4.79 Å². The highest BCUT2D eigenvalue weighted by Gasteiger charge is 2.66. The molecule has 0 aliphatic carbocycles. The number of fused-ring (bicyclic) bond motifs is 4. The third kappa shape index (κ3) is 5.99. The minimum absolute atomic E-state index is 0.00370. The van der Waals surface area contributed by atoms with Gasteiger partial charge in [0.25, 0.3) is 5.91 Å². The summed E-state index contributed by atoms with van der Waals surface area (Å²) in [5.41, 5.74) is 6.35. The van der Waals surface area contributed by atoms with Gasteiger partial charge in [0.1, 0.15) is 5.75 Å². The molecule has 4 aliphatic heterocycles. The molecule has 0 aromatic heterocycles. The monoisotopic (exact) mass is 791 g/mol. The second-order valence-corrected chi connectivity index (χ2v) is 21.3. The van der Waals surface area contributed by atoms with Gasteiger partial charge < -0.3 is 19.5 Å². The van der Waals surface area contributed by atoms with Crippen molar-refractivity contribution >= 4 is 59.4 Å². The molecule has 9 rings (SSSR count). The van der Waals surface area contributed by atoms with Crippen molar-refractivity contribution in [3.63, 3.8) is 0 Å². The third-order valence-electron chi connectivity index (χ3n) is 13.2. The summed E-state index contributed by atoms with van der Waals surface area (Å²) in [6, 6.07) is 38.1. The van der Waals surface area contributed by atoms with Crippen LogP contribution < -0.4 is 24.6 Å². The van der Waals surface area contributed by atoms with Crippen molar-refractivity contribution in [1.82, 2.24) is 0 Å². The minimum atomic E-state index is -2.42. The molecule has 58 heavy (non-hydrogen) atoms. The van der Waals surface area contributed by atoms with Crippen LogP contribution in [0.4, 0.5) is 28.4 Å². The van der Waals surface area contributed by atoms with Crippen LogP contribution in [0.25, 0.3) is 0 Å². The number of aliphatic hydroxyl groups is 1. The number of hydrogen-bond donors (Lipinski definition) is 1. The number of benzene rings is 5. The van der Waals surface area contributed by atoms with E-state index in [-0.39, 0.29) is 42.3 Å². The van der Waals surface area contributed by atoms with E-state index in [9.17, 15) is 14.7 Å². The molecule has 4 aliphatic rings. The number of methoxy groups -OCH3 is 1. The van der Waals surface area contributed by atoms with Crippen LogP contribution in [0.15, 0.2) is 115 Å². The summed E-state index contributed by atoms with van der Waals surface area (Å²) in [5.74, 6) is 0.382. The summed E-state index contributed by atoms with van der Waals surface area (Å²) in [4.78, 5) is 48.2. The lowest BCUT2D eigenvalue weighted by molar-refractivity contribution is -0.146. The summed E-state index contributed by atoms with van der Waals surface area (Å²) in [5, 5.41) is 11.7. The van der Waals surface area contributed by atoms with Crippen molar-refractivity contribution in [2.24, 2.45) is 5.92 Å². The number of hydrogen-bond acceptors (Lipinski definition) is 6. The Labute approximate surface area is 340 Å². The number of ether oxygens (including phenoxy) is 2. The topological polar surface area (TPSA) is 99.6 Å². The number of para-hydroxylation sites is 2. The van der Waals surface area contributed by atoms with Crippen molar-refractivity contribution in [3.05, 3.63) is 138 Å². The fraction of sp³-hybridized carbons (Fsp3) is 0.312. The summed E-state index contributed by atoms with van der Waals surface area (Å²) >= 11 is 0. The maximum Gasteiger partial charge on any atom is 0.264 e. The highest BCUT2D eigenvalue weighted by molar-refractivity contribution is 6.91. The fourth-order valence-corrected chi connectivity index (χ4v) is 14.5. The average molecular weight is 792 g/mol. The molecular formula is C48H49N3O6Si. The van der Waals surface area contributed by atoms with E-state index in [0.29, 0.717) is 37.8 Å². The molecule has 3 amide bonds. The zero-order valence-electron chi connectivity index (χ0n) is 33.5. The van der Waals surface area contributed by atoms with Gasteiger partial charge in [-0.2, -0.15) is 0 Å². The zero-order valence-corrected chi connectivity index (χ0v) is 34.5. The lowest BCUT2D eigenvalue weighted by Gasteiger charge is -2.37.